The number of hydrogen-bond acceptors (Lipinski definition) is 3. The second-order valence-electron chi connectivity index (χ2n) is 4.26. The van der Waals surface area contributed by atoms with Crippen LogP contribution in [0.4, 0.5) is 8.78 Å². The van der Waals surface area contributed by atoms with E-state index < -0.39 is 11.6 Å². The molecule has 2 aromatic rings. The molecule has 0 atom stereocenters. The number of aromatic nitrogens is 1. The van der Waals surface area contributed by atoms with E-state index in [2.05, 4.69) is 4.98 Å². The van der Waals surface area contributed by atoms with Gasteiger partial charge < -0.3 is 0 Å². The van der Waals surface area contributed by atoms with Gasteiger partial charge in [-0.1, -0.05) is 6.07 Å². The highest BCUT2D eigenvalue weighted by Gasteiger charge is 2.12. The van der Waals surface area contributed by atoms with Gasteiger partial charge >= 0.3 is 0 Å². The summed E-state index contributed by atoms with van der Waals surface area (Å²) >= 11 is 1.56. The maximum Gasteiger partial charge on any atom is 0.130 e. The van der Waals surface area contributed by atoms with Crippen molar-refractivity contribution >= 4 is 11.3 Å². The van der Waals surface area contributed by atoms with Gasteiger partial charge in [0.05, 0.1) is 6.54 Å². The van der Waals surface area contributed by atoms with Gasteiger partial charge in [0.2, 0.25) is 0 Å². The Balaban J connectivity index is 2.05. The minimum atomic E-state index is -0.503. The summed E-state index contributed by atoms with van der Waals surface area (Å²) in [6.07, 6.45) is 0. The van der Waals surface area contributed by atoms with Gasteiger partial charge in [-0.2, -0.15) is 0 Å². The first kappa shape index (κ1) is 13.1. The Morgan fingerprint density at radius 2 is 1.89 bits per heavy atom. The molecule has 0 aliphatic heterocycles. The molecule has 0 N–H and O–H groups in total. The van der Waals surface area contributed by atoms with Crippen LogP contribution in [0.2, 0.25) is 0 Å². The van der Waals surface area contributed by atoms with Crippen LogP contribution >= 0.6 is 11.3 Å². The van der Waals surface area contributed by atoms with Gasteiger partial charge in [-0.15, -0.1) is 11.3 Å². The van der Waals surface area contributed by atoms with Crippen molar-refractivity contribution in [2.45, 2.75) is 20.0 Å². The summed E-state index contributed by atoms with van der Waals surface area (Å²) in [7, 11) is 1.82. The van der Waals surface area contributed by atoms with Crippen LogP contribution in [0.25, 0.3) is 0 Å². The monoisotopic (exact) mass is 268 g/mol. The van der Waals surface area contributed by atoms with Crippen LogP contribution in [0.1, 0.15) is 16.3 Å². The first-order valence-electron chi connectivity index (χ1n) is 5.58. The van der Waals surface area contributed by atoms with E-state index in [1.807, 2.05) is 24.3 Å². The number of benzene rings is 1. The Morgan fingerprint density at radius 1 is 1.22 bits per heavy atom. The fourth-order valence-corrected chi connectivity index (χ4v) is 2.57. The van der Waals surface area contributed by atoms with Crippen molar-refractivity contribution in [1.82, 2.24) is 9.88 Å². The van der Waals surface area contributed by atoms with E-state index in [4.69, 9.17) is 0 Å². The zero-order chi connectivity index (χ0) is 13.1. The van der Waals surface area contributed by atoms with Gasteiger partial charge in [0, 0.05) is 23.2 Å². The van der Waals surface area contributed by atoms with Crippen LogP contribution < -0.4 is 0 Å². The highest BCUT2D eigenvalue weighted by Crippen LogP contribution is 2.16. The lowest BCUT2D eigenvalue weighted by Gasteiger charge is -2.16. The number of nitrogens with zero attached hydrogens (tertiary/aromatic N) is 2. The van der Waals surface area contributed by atoms with Crippen molar-refractivity contribution < 1.29 is 8.78 Å². The number of halogens is 2. The lowest BCUT2D eigenvalue weighted by Crippen LogP contribution is -2.18. The van der Waals surface area contributed by atoms with Crippen LogP contribution in [0.15, 0.2) is 23.6 Å². The van der Waals surface area contributed by atoms with Gasteiger partial charge in [-0.05, 0) is 26.1 Å². The molecule has 18 heavy (non-hydrogen) atoms. The molecule has 2 nitrogen and oxygen atoms in total. The molecule has 0 aliphatic carbocycles. The molecule has 0 aliphatic rings. The Hall–Kier alpha value is -1.33. The van der Waals surface area contributed by atoms with Crippen molar-refractivity contribution in [2.75, 3.05) is 7.05 Å². The molecule has 0 saturated heterocycles. The third-order valence-electron chi connectivity index (χ3n) is 2.56. The van der Waals surface area contributed by atoms with E-state index in [1.54, 1.807) is 11.3 Å². The predicted octanol–water partition coefficient (Wildman–Crippen LogP) is 3.36. The summed E-state index contributed by atoms with van der Waals surface area (Å²) in [4.78, 5) is 6.17. The largest absolute Gasteiger partial charge is 0.295 e. The standard InChI is InChI=1S/C13H14F2N2S/c1-9-8-18-13(16-9)7-17(2)6-10-11(14)4-3-5-12(10)15/h3-5,8H,6-7H2,1-2H3. The lowest BCUT2D eigenvalue weighted by atomic mass is 10.2. The zero-order valence-corrected chi connectivity index (χ0v) is 11.1. The molecule has 0 unspecified atom stereocenters. The van der Waals surface area contributed by atoms with E-state index in [9.17, 15) is 8.78 Å². The fourth-order valence-electron chi connectivity index (χ4n) is 1.72. The van der Waals surface area contributed by atoms with Gasteiger partial charge in [0.25, 0.3) is 0 Å². The average molecular weight is 268 g/mol. The second-order valence-corrected chi connectivity index (χ2v) is 5.20. The van der Waals surface area contributed by atoms with Crippen molar-refractivity contribution in [3.63, 3.8) is 0 Å². The molecule has 1 aromatic carbocycles. The molecule has 2 rings (SSSR count). The molecule has 5 heteroatoms. The average Bonchev–Trinajstić information content (AvgIpc) is 2.69. The number of thiazole rings is 1. The Labute approximate surface area is 109 Å². The van der Waals surface area contributed by atoms with E-state index in [0.717, 1.165) is 10.7 Å². The molecule has 1 heterocycles. The highest BCUT2D eigenvalue weighted by atomic mass is 32.1. The van der Waals surface area contributed by atoms with Gasteiger partial charge in [-0.25, -0.2) is 13.8 Å². The number of rotatable bonds is 4. The topological polar surface area (TPSA) is 16.1 Å². The van der Waals surface area contributed by atoms with Gasteiger partial charge in [0.15, 0.2) is 0 Å². The molecule has 96 valence electrons. The normalized spacial score (nSPS) is 11.2. The third-order valence-corrected chi connectivity index (χ3v) is 3.51. The molecule has 0 radical (unpaired) electrons. The summed E-state index contributed by atoms with van der Waals surface area (Å²) in [5.74, 6) is -1.01. The van der Waals surface area contributed by atoms with E-state index in [1.165, 1.54) is 18.2 Å². The van der Waals surface area contributed by atoms with Gasteiger partial charge in [-0.3, -0.25) is 4.90 Å². The second kappa shape index (κ2) is 5.54. The molecular formula is C13H14F2N2S. The molecule has 0 spiro atoms. The minimum Gasteiger partial charge on any atom is -0.295 e. The molecule has 0 saturated carbocycles. The molecule has 0 fully saturated rings. The van der Waals surface area contributed by atoms with E-state index in [-0.39, 0.29) is 12.1 Å². The highest BCUT2D eigenvalue weighted by molar-refractivity contribution is 7.09. The number of aryl methyl sites for hydroxylation is 1. The van der Waals surface area contributed by atoms with Crippen LogP contribution in [0.5, 0.6) is 0 Å². The summed E-state index contributed by atoms with van der Waals surface area (Å²) in [5, 5.41) is 2.92. The third kappa shape index (κ3) is 3.11. The van der Waals surface area contributed by atoms with Crippen LogP contribution in [0, 0.1) is 18.6 Å². The zero-order valence-electron chi connectivity index (χ0n) is 10.3. The molecular weight excluding hydrogens is 254 g/mol. The summed E-state index contributed by atoms with van der Waals surface area (Å²) < 4.78 is 26.9. The number of hydrogen-bond donors (Lipinski definition) is 0. The Bertz CT molecular complexity index is 519. The smallest absolute Gasteiger partial charge is 0.130 e. The van der Waals surface area contributed by atoms with Crippen LogP contribution in [-0.2, 0) is 13.1 Å². The van der Waals surface area contributed by atoms with Crippen molar-refractivity contribution in [3.05, 3.63) is 51.5 Å². The Morgan fingerprint density at radius 3 is 2.44 bits per heavy atom. The lowest BCUT2D eigenvalue weighted by molar-refractivity contribution is 0.306. The van der Waals surface area contributed by atoms with Crippen LogP contribution in [0.3, 0.4) is 0 Å². The van der Waals surface area contributed by atoms with Crippen molar-refractivity contribution in [1.29, 1.82) is 0 Å². The summed E-state index contributed by atoms with van der Waals surface area (Å²) in [6.45, 7) is 2.75. The first-order valence-corrected chi connectivity index (χ1v) is 6.46. The fraction of sp³-hybridized carbons (Fsp3) is 0.308. The van der Waals surface area contributed by atoms with Crippen LogP contribution in [-0.4, -0.2) is 16.9 Å². The first-order chi connectivity index (χ1) is 8.56. The molecule has 1 aromatic heterocycles. The predicted molar refractivity (Wildman–Crippen MR) is 68.4 cm³/mol. The van der Waals surface area contributed by atoms with Crippen molar-refractivity contribution in [2.24, 2.45) is 0 Å². The molecule has 0 amide bonds. The minimum absolute atomic E-state index is 0.105. The molecule has 0 bridgehead atoms. The Kier molecular flexibility index (Phi) is 4.04. The SMILES string of the molecule is Cc1csc(CN(C)Cc2c(F)cccc2F)n1. The van der Waals surface area contributed by atoms with E-state index in [0.29, 0.717) is 6.54 Å². The maximum atomic E-state index is 13.5. The van der Waals surface area contributed by atoms with Gasteiger partial charge in [0.1, 0.15) is 16.6 Å². The van der Waals surface area contributed by atoms with E-state index >= 15 is 0 Å². The quantitative estimate of drug-likeness (QED) is 0.845. The van der Waals surface area contributed by atoms with Crippen molar-refractivity contribution in [3.8, 4) is 0 Å². The summed E-state index contributed by atoms with van der Waals surface area (Å²) in [5.41, 5.74) is 1.08. The maximum absolute atomic E-state index is 13.5. The summed E-state index contributed by atoms with van der Waals surface area (Å²) in [6, 6.07) is 3.93.